The van der Waals surface area contributed by atoms with E-state index in [2.05, 4.69) is 15.9 Å². The number of carbonyl (C=O) groups is 2. The van der Waals surface area contributed by atoms with Crippen LogP contribution in [0.5, 0.6) is 11.5 Å². The first-order valence-electron chi connectivity index (χ1n) is 8.18. The minimum Gasteiger partial charge on any atom is -0.493 e. The number of nitrogens with zero attached hydrogens (tertiary/aromatic N) is 1. The molecule has 5 nitrogen and oxygen atoms in total. The first-order chi connectivity index (χ1) is 13.3. The van der Waals surface area contributed by atoms with Crippen LogP contribution >= 0.6 is 39.9 Å². The van der Waals surface area contributed by atoms with Gasteiger partial charge in [0.15, 0.2) is 11.5 Å². The Bertz CT molecular complexity index is 1000. The average Bonchev–Trinajstić information content (AvgIpc) is 2.90. The molecule has 1 saturated heterocycles. The van der Waals surface area contributed by atoms with Gasteiger partial charge in [-0.05, 0) is 58.8 Å². The predicted octanol–water partition coefficient (Wildman–Crippen LogP) is 4.82. The highest BCUT2D eigenvalue weighted by atomic mass is 79.9. The van der Waals surface area contributed by atoms with Crippen LogP contribution < -0.4 is 9.47 Å². The number of aryl methyl sites for hydroxylation is 1. The molecule has 0 aliphatic carbocycles. The zero-order chi connectivity index (χ0) is 20.4. The number of carbonyl (C=O) groups excluding carboxylic acids is 2. The molecule has 0 unspecified atom stereocenters. The van der Waals surface area contributed by atoms with E-state index in [1.54, 1.807) is 37.4 Å². The fourth-order valence-corrected chi connectivity index (χ4v) is 4.18. The summed E-state index contributed by atoms with van der Waals surface area (Å²) in [7, 11) is 3.13. The van der Waals surface area contributed by atoms with E-state index in [1.807, 2.05) is 19.1 Å². The Labute approximate surface area is 180 Å². The lowest BCUT2D eigenvalue weighted by atomic mass is 10.1. The Kier molecular flexibility index (Phi) is 6.22. The number of amides is 1. The summed E-state index contributed by atoms with van der Waals surface area (Å²) in [6.45, 7) is 1.94. The van der Waals surface area contributed by atoms with Crippen LogP contribution in [0.1, 0.15) is 21.5 Å². The van der Waals surface area contributed by atoms with E-state index < -0.39 is 5.97 Å². The predicted molar refractivity (Wildman–Crippen MR) is 118 cm³/mol. The number of thiocarbonyl (C=S) groups is 1. The number of halogens is 1. The molecule has 0 spiro atoms. The van der Waals surface area contributed by atoms with Crippen LogP contribution in [0.15, 0.2) is 45.8 Å². The minimum absolute atomic E-state index is 0.153. The van der Waals surface area contributed by atoms with Gasteiger partial charge in [0.05, 0.1) is 22.1 Å². The summed E-state index contributed by atoms with van der Waals surface area (Å²) in [6.07, 6.45) is 1.72. The lowest BCUT2D eigenvalue weighted by Gasteiger charge is -2.12. The van der Waals surface area contributed by atoms with Crippen molar-refractivity contribution in [2.24, 2.45) is 0 Å². The lowest BCUT2D eigenvalue weighted by Crippen LogP contribution is -2.22. The maximum absolute atomic E-state index is 12.4. The second kappa shape index (κ2) is 8.46. The average molecular weight is 478 g/mol. The third kappa shape index (κ3) is 4.29. The van der Waals surface area contributed by atoms with Gasteiger partial charge in [-0.3, -0.25) is 9.69 Å². The van der Waals surface area contributed by atoms with Gasteiger partial charge in [-0.15, -0.1) is 0 Å². The molecule has 2 aromatic carbocycles. The fourth-order valence-electron chi connectivity index (χ4n) is 2.46. The lowest BCUT2D eigenvalue weighted by molar-refractivity contribution is -0.121. The molecule has 1 aliphatic heterocycles. The third-order valence-electron chi connectivity index (χ3n) is 4.02. The SMILES string of the molecule is COc1cc(/C=C2/SC(=S)N(C)C2=O)cc(Br)c1OC(=O)c1ccc(C)cc1. The van der Waals surface area contributed by atoms with Crippen LogP contribution in [0.3, 0.4) is 0 Å². The largest absolute Gasteiger partial charge is 0.493 e. The number of likely N-dealkylation sites (N-methyl/N-ethyl adjacent to an activating group) is 1. The number of thioether (sulfide) groups is 1. The van der Waals surface area contributed by atoms with Crippen LogP contribution in [0.25, 0.3) is 6.08 Å². The van der Waals surface area contributed by atoms with Crippen molar-refractivity contribution in [2.75, 3.05) is 14.2 Å². The Morgan fingerprint density at radius 3 is 2.50 bits per heavy atom. The van der Waals surface area contributed by atoms with Crippen LogP contribution in [0, 0.1) is 6.92 Å². The maximum Gasteiger partial charge on any atom is 0.343 e. The number of esters is 1. The summed E-state index contributed by atoms with van der Waals surface area (Å²) in [4.78, 5) is 26.6. The smallest absolute Gasteiger partial charge is 0.343 e. The van der Waals surface area contributed by atoms with Gasteiger partial charge in [-0.25, -0.2) is 4.79 Å². The van der Waals surface area contributed by atoms with E-state index in [-0.39, 0.29) is 11.7 Å². The van der Waals surface area contributed by atoms with Crippen molar-refractivity contribution in [3.05, 3.63) is 62.5 Å². The number of methoxy groups -OCH3 is 1. The number of rotatable bonds is 4. The molecule has 0 bridgehead atoms. The molecule has 28 heavy (non-hydrogen) atoms. The minimum atomic E-state index is -0.487. The van der Waals surface area contributed by atoms with Crippen LogP contribution in [0.4, 0.5) is 0 Å². The van der Waals surface area contributed by atoms with Crippen LogP contribution in [0.2, 0.25) is 0 Å². The summed E-state index contributed by atoms with van der Waals surface area (Å²) in [5.41, 5.74) is 2.21. The highest BCUT2D eigenvalue weighted by Crippen LogP contribution is 2.39. The highest BCUT2D eigenvalue weighted by Gasteiger charge is 2.29. The van der Waals surface area contributed by atoms with Gasteiger partial charge >= 0.3 is 5.97 Å². The van der Waals surface area contributed by atoms with E-state index in [0.29, 0.717) is 30.6 Å². The Balaban J connectivity index is 1.90. The van der Waals surface area contributed by atoms with Crippen molar-refractivity contribution in [2.45, 2.75) is 6.92 Å². The zero-order valence-electron chi connectivity index (χ0n) is 15.3. The third-order valence-corrected chi connectivity index (χ3v) is 6.09. The number of ether oxygens (including phenoxy) is 2. The molecular formula is C20H16BrNO4S2. The Morgan fingerprint density at radius 2 is 1.93 bits per heavy atom. The second-order valence-corrected chi connectivity index (χ2v) is 8.56. The van der Waals surface area contributed by atoms with Crippen molar-refractivity contribution < 1.29 is 19.1 Å². The van der Waals surface area contributed by atoms with E-state index in [4.69, 9.17) is 21.7 Å². The number of hydrogen-bond donors (Lipinski definition) is 0. The molecule has 0 aromatic heterocycles. The van der Waals surface area contributed by atoms with Crippen LogP contribution in [-0.4, -0.2) is 35.3 Å². The Hall–Kier alpha value is -2.16. The molecule has 1 amide bonds. The summed E-state index contributed by atoms with van der Waals surface area (Å²) < 4.78 is 12.0. The molecule has 8 heteroatoms. The molecule has 1 fully saturated rings. The van der Waals surface area contributed by atoms with E-state index in [1.165, 1.54) is 23.8 Å². The second-order valence-electron chi connectivity index (χ2n) is 6.03. The van der Waals surface area contributed by atoms with Crippen molar-refractivity contribution in [3.8, 4) is 11.5 Å². The molecule has 0 radical (unpaired) electrons. The summed E-state index contributed by atoms with van der Waals surface area (Å²) in [5, 5.41) is 0. The monoisotopic (exact) mass is 477 g/mol. The molecule has 0 N–H and O–H groups in total. The highest BCUT2D eigenvalue weighted by molar-refractivity contribution is 9.10. The molecule has 144 valence electrons. The molecule has 0 saturated carbocycles. The van der Waals surface area contributed by atoms with Gasteiger partial charge in [0.2, 0.25) is 0 Å². The molecule has 0 atom stereocenters. The van der Waals surface area contributed by atoms with Gasteiger partial charge in [0.1, 0.15) is 4.32 Å². The molecular weight excluding hydrogens is 462 g/mol. The van der Waals surface area contributed by atoms with Crippen molar-refractivity contribution in [1.29, 1.82) is 0 Å². The van der Waals surface area contributed by atoms with Gasteiger partial charge in [-0.1, -0.05) is 41.7 Å². The topological polar surface area (TPSA) is 55.8 Å². The first-order valence-corrected chi connectivity index (χ1v) is 10.2. The fraction of sp³-hybridized carbons (Fsp3) is 0.150. The van der Waals surface area contributed by atoms with Gasteiger partial charge in [0.25, 0.3) is 5.91 Å². The molecule has 3 rings (SSSR count). The van der Waals surface area contributed by atoms with E-state index >= 15 is 0 Å². The molecule has 1 aliphatic rings. The first kappa shape index (κ1) is 20.6. The number of benzene rings is 2. The van der Waals surface area contributed by atoms with Gasteiger partial charge in [0, 0.05) is 7.05 Å². The Morgan fingerprint density at radius 1 is 1.25 bits per heavy atom. The van der Waals surface area contributed by atoms with Crippen molar-refractivity contribution >= 4 is 62.2 Å². The quantitative estimate of drug-likeness (QED) is 0.272. The molecule has 1 heterocycles. The van der Waals surface area contributed by atoms with Crippen LogP contribution in [-0.2, 0) is 4.79 Å². The van der Waals surface area contributed by atoms with Gasteiger partial charge < -0.3 is 9.47 Å². The van der Waals surface area contributed by atoms with Crippen molar-refractivity contribution in [1.82, 2.24) is 4.90 Å². The normalized spacial score (nSPS) is 15.3. The zero-order valence-corrected chi connectivity index (χ0v) is 18.5. The maximum atomic E-state index is 12.4. The van der Waals surface area contributed by atoms with Crippen molar-refractivity contribution in [3.63, 3.8) is 0 Å². The number of hydrogen-bond acceptors (Lipinski definition) is 6. The summed E-state index contributed by atoms with van der Waals surface area (Å²) in [6, 6.07) is 10.6. The standard InChI is InChI=1S/C20H16BrNO4S2/c1-11-4-6-13(7-5-11)19(24)26-17-14(21)8-12(9-15(17)25-3)10-16-18(23)22(2)20(27)28-16/h4-10H,1-3H3/b16-10+. The van der Waals surface area contributed by atoms with Gasteiger partial charge in [-0.2, -0.15) is 0 Å². The summed E-state index contributed by atoms with van der Waals surface area (Å²) in [5.74, 6) is -0.0000943. The molecule has 2 aromatic rings. The van der Waals surface area contributed by atoms with E-state index in [9.17, 15) is 9.59 Å². The summed E-state index contributed by atoms with van der Waals surface area (Å²) >= 11 is 9.81. The van der Waals surface area contributed by atoms with E-state index in [0.717, 1.165) is 5.56 Å².